The Kier molecular flexibility index (Phi) is 4.81. The molecule has 3 aromatic rings. The van der Waals surface area contributed by atoms with Gasteiger partial charge in [-0.1, -0.05) is 6.07 Å². The van der Waals surface area contributed by atoms with Crippen molar-refractivity contribution in [2.24, 2.45) is 0 Å². The number of nitrogens with zero attached hydrogens (tertiary/aromatic N) is 4. The number of halogens is 1. The monoisotopic (exact) mass is 370 g/mol. The van der Waals surface area contributed by atoms with Gasteiger partial charge in [-0.15, -0.1) is 23.7 Å². The molecule has 0 amide bonds. The van der Waals surface area contributed by atoms with Crippen LogP contribution in [0.1, 0.15) is 6.23 Å². The van der Waals surface area contributed by atoms with Crippen LogP contribution < -0.4 is 0 Å². The zero-order valence-electron chi connectivity index (χ0n) is 12.3. The molecule has 0 bridgehead atoms. The normalized spacial score (nSPS) is 26.6. The number of aliphatic hydroxyl groups excluding tert-OH is 3. The van der Waals surface area contributed by atoms with Gasteiger partial charge in [-0.25, -0.2) is 15.0 Å². The summed E-state index contributed by atoms with van der Waals surface area (Å²) in [7, 11) is 0. The molecule has 0 spiro atoms. The molecule has 0 unspecified atom stereocenters. The fourth-order valence-corrected chi connectivity index (χ4v) is 3.46. The molecular weight excluding hydrogens is 356 g/mol. The summed E-state index contributed by atoms with van der Waals surface area (Å²) in [5.41, 5.74) is 1.79. The van der Waals surface area contributed by atoms with Crippen molar-refractivity contribution in [3.63, 3.8) is 0 Å². The lowest BCUT2D eigenvalue weighted by Crippen LogP contribution is -2.33. The highest BCUT2D eigenvalue weighted by molar-refractivity contribution is 7.13. The van der Waals surface area contributed by atoms with E-state index >= 15 is 0 Å². The van der Waals surface area contributed by atoms with Crippen LogP contribution in [0.3, 0.4) is 0 Å². The fourth-order valence-electron chi connectivity index (χ4n) is 2.74. The van der Waals surface area contributed by atoms with Gasteiger partial charge < -0.3 is 20.1 Å². The number of ether oxygens (including phenoxy) is 1. The van der Waals surface area contributed by atoms with Crippen molar-refractivity contribution in [2.45, 2.75) is 24.5 Å². The van der Waals surface area contributed by atoms with E-state index in [2.05, 4.69) is 15.0 Å². The van der Waals surface area contributed by atoms with Gasteiger partial charge >= 0.3 is 0 Å². The first-order valence-corrected chi connectivity index (χ1v) is 7.92. The van der Waals surface area contributed by atoms with Crippen LogP contribution in [0.4, 0.5) is 0 Å². The average Bonchev–Trinajstić information content (AvgIpc) is 3.28. The van der Waals surface area contributed by atoms with Crippen molar-refractivity contribution in [2.75, 3.05) is 6.61 Å². The van der Waals surface area contributed by atoms with Crippen molar-refractivity contribution >= 4 is 34.9 Å². The highest BCUT2D eigenvalue weighted by Crippen LogP contribution is 2.33. The van der Waals surface area contributed by atoms with Gasteiger partial charge in [-0.2, -0.15) is 0 Å². The molecule has 1 aliphatic rings. The van der Waals surface area contributed by atoms with E-state index in [1.165, 1.54) is 12.7 Å². The van der Waals surface area contributed by atoms with E-state index in [0.29, 0.717) is 16.9 Å². The van der Waals surface area contributed by atoms with E-state index in [0.717, 1.165) is 4.88 Å². The van der Waals surface area contributed by atoms with Gasteiger partial charge in [0.2, 0.25) is 0 Å². The maximum absolute atomic E-state index is 10.2. The highest BCUT2D eigenvalue weighted by atomic mass is 35.5. The Hall–Kier alpha value is -1.62. The van der Waals surface area contributed by atoms with Crippen molar-refractivity contribution in [1.82, 2.24) is 19.5 Å². The quantitative estimate of drug-likeness (QED) is 0.618. The van der Waals surface area contributed by atoms with Gasteiger partial charge in [0.25, 0.3) is 0 Å². The second-order valence-electron chi connectivity index (χ2n) is 5.25. The van der Waals surface area contributed by atoms with Gasteiger partial charge in [0, 0.05) is 0 Å². The molecule has 1 aliphatic heterocycles. The van der Waals surface area contributed by atoms with Crippen LogP contribution in [0, 0.1) is 0 Å². The lowest BCUT2D eigenvalue weighted by Gasteiger charge is -2.16. The number of fused-ring (bicyclic) bond motifs is 1. The molecule has 8 nitrogen and oxygen atoms in total. The third kappa shape index (κ3) is 2.59. The standard InChI is InChI=1S/C14H14N4O4S.ClH/c19-4-7-11(20)12(21)14(22-7)18-6-17-10-9(8-2-1-3-23-8)15-5-16-13(10)18;/h1-3,5-7,11-12,14,19-21H,4H2;1H/t7-,11-,12-,14-;/m1./s1. The largest absolute Gasteiger partial charge is 0.394 e. The number of thiophene rings is 1. The van der Waals surface area contributed by atoms with E-state index in [9.17, 15) is 15.3 Å². The molecule has 1 saturated heterocycles. The molecule has 0 aliphatic carbocycles. The van der Waals surface area contributed by atoms with Crippen LogP contribution in [0.2, 0.25) is 0 Å². The number of imidazole rings is 1. The van der Waals surface area contributed by atoms with E-state index in [4.69, 9.17) is 4.74 Å². The van der Waals surface area contributed by atoms with Gasteiger partial charge in [-0.05, 0) is 11.4 Å². The predicted octanol–water partition coefficient (Wildman–Crippen LogP) is 0.588. The number of hydrogen-bond acceptors (Lipinski definition) is 8. The van der Waals surface area contributed by atoms with Crippen LogP contribution in [-0.4, -0.2) is 59.8 Å². The Morgan fingerprint density at radius 2 is 2.04 bits per heavy atom. The smallest absolute Gasteiger partial charge is 0.166 e. The van der Waals surface area contributed by atoms with E-state index in [1.54, 1.807) is 15.9 Å². The van der Waals surface area contributed by atoms with Crippen molar-refractivity contribution in [1.29, 1.82) is 0 Å². The molecule has 4 heterocycles. The summed E-state index contributed by atoms with van der Waals surface area (Å²) in [6, 6.07) is 3.87. The lowest BCUT2D eigenvalue weighted by molar-refractivity contribution is -0.0511. The molecule has 0 radical (unpaired) electrons. The van der Waals surface area contributed by atoms with Gasteiger partial charge in [0.15, 0.2) is 11.9 Å². The van der Waals surface area contributed by atoms with E-state index < -0.39 is 24.5 Å². The first-order valence-electron chi connectivity index (χ1n) is 7.04. The Balaban J connectivity index is 0.00000169. The molecular formula is C14H15ClN4O4S. The maximum atomic E-state index is 10.2. The predicted molar refractivity (Wildman–Crippen MR) is 88.9 cm³/mol. The van der Waals surface area contributed by atoms with Crippen LogP contribution in [0.15, 0.2) is 30.2 Å². The van der Waals surface area contributed by atoms with Crippen molar-refractivity contribution < 1.29 is 20.1 Å². The lowest BCUT2D eigenvalue weighted by atomic mass is 10.1. The third-order valence-electron chi connectivity index (χ3n) is 3.90. The summed E-state index contributed by atoms with van der Waals surface area (Å²) in [6.07, 6.45) is -1.12. The second-order valence-corrected chi connectivity index (χ2v) is 6.20. The maximum Gasteiger partial charge on any atom is 0.166 e. The minimum Gasteiger partial charge on any atom is -0.394 e. The van der Waals surface area contributed by atoms with Crippen LogP contribution in [0.5, 0.6) is 0 Å². The first-order chi connectivity index (χ1) is 11.2. The first kappa shape index (κ1) is 17.2. The fraction of sp³-hybridized carbons (Fsp3) is 0.357. The Labute approximate surface area is 146 Å². The zero-order chi connectivity index (χ0) is 16.0. The number of hydrogen-bond donors (Lipinski definition) is 3. The van der Waals surface area contributed by atoms with E-state index in [-0.39, 0.29) is 19.0 Å². The van der Waals surface area contributed by atoms with Crippen LogP contribution in [-0.2, 0) is 4.74 Å². The molecule has 1 fully saturated rings. The van der Waals surface area contributed by atoms with Crippen LogP contribution in [0.25, 0.3) is 21.7 Å². The molecule has 128 valence electrons. The Bertz CT molecular complexity index is 827. The average molecular weight is 371 g/mol. The summed E-state index contributed by atoms with van der Waals surface area (Å²) in [5.74, 6) is 0. The molecule has 3 aromatic heterocycles. The van der Waals surface area contributed by atoms with Gasteiger partial charge in [-0.3, -0.25) is 4.57 Å². The summed E-state index contributed by atoms with van der Waals surface area (Å²) >= 11 is 1.54. The zero-order valence-corrected chi connectivity index (χ0v) is 13.9. The molecule has 4 atom stereocenters. The van der Waals surface area contributed by atoms with Crippen molar-refractivity contribution in [3.05, 3.63) is 30.2 Å². The molecule has 0 aromatic carbocycles. The summed E-state index contributed by atoms with van der Waals surface area (Å²) in [4.78, 5) is 13.8. The van der Waals surface area contributed by atoms with Gasteiger partial charge in [0.05, 0.1) is 17.8 Å². The summed E-state index contributed by atoms with van der Waals surface area (Å²) < 4.78 is 7.09. The topological polar surface area (TPSA) is 114 Å². The number of aromatic nitrogens is 4. The molecule has 24 heavy (non-hydrogen) atoms. The minimum atomic E-state index is -1.18. The Morgan fingerprint density at radius 3 is 2.71 bits per heavy atom. The van der Waals surface area contributed by atoms with E-state index in [1.807, 2.05) is 17.5 Å². The third-order valence-corrected chi connectivity index (χ3v) is 4.78. The minimum absolute atomic E-state index is 0. The van der Waals surface area contributed by atoms with Crippen LogP contribution >= 0.6 is 23.7 Å². The molecule has 3 N–H and O–H groups in total. The molecule has 0 saturated carbocycles. The molecule has 10 heteroatoms. The highest BCUT2D eigenvalue weighted by Gasteiger charge is 2.44. The second kappa shape index (κ2) is 6.71. The SMILES string of the molecule is Cl.OC[C@H]1O[C@@H](n2cnc3c(-c4cccs4)ncnc32)[C@H](O)[C@@H]1O. The summed E-state index contributed by atoms with van der Waals surface area (Å²) in [6.45, 7) is -0.378. The van der Waals surface area contributed by atoms with Gasteiger partial charge in [0.1, 0.15) is 35.8 Å². The molecule has 4 rings (SSSR count). The van der Waals surface area contributed by atoms with Crippen molar-refractivity contribution in [3.8, 4) is 10.6 Å². The summed E-state index contributed by atoms with van der Waals surface area (Å²) in [5, 5.41) is 31.2. The number of aliphatic hydroxyl groups is 3. The number of rotatable bonds is 3. The Morgan fingerprint density at radius 1 is 1.21 bits per heavy atom.